The molecule has 2 aromatic heterocycles. The number of nitrogens with one attached hydrogen (secondary N) is 1. The zero-order valence-electron chi connectivity index (χ0n) is 11.7. The van der Waals surface area contributed by atoms with Gasteiger partial charge in [-0.05, 0) is 22.4 Å². The minimum atomic E-state index is 0. The van der Waals surface area contributed by atoms with Crippen LogP contribution in [0.1, 0.15) is 17.3 Å². The fraction of sp³-hybridized carbons (Fsp3) is 0.417. The summed E-state index contributed by atoms with van der Waals surface area (Å²) in [6.07, 6.45) is 0. The van der Waals surface area contributed by atoms with Gasteiger partial charge >= 0.3 is 0 Å². The lowest BCUT2D eigenvalue weighted by Crippen LogP contribution is -2.38. The van der Waals surface area contributed by atoms with Crippen LogP contribution in [0.5, 0.6) is 0 Å². The molecule has 6 nitrogen and oxygen atoms in total. The molecule has 110 valence electrons. The summed E-state index contributed by atoms with van der Waals surface area (Å²) in [7, 11) is 3.75. The number of aryl methyl sites for hydroxylation is 1. The molecule has 0 saturated heterocycles. The lowest BCUT2D eigenvalue weighted by Gasteiger charge is -2.20. The van der Waals surface area contributed by atoms with Crippen molar-refractivity contribution < 1.29 is 4.52 Å². The molecular weight excluding hydrogens is 389 g/mol. The van der Waals surface area contributed by atoms with E-state index in [0.717, 1.165) is 12.5 Å². The van der Waals surface area contributed by atoms with Crippen molar-refractivity contribution in [3.05, 3.63) is 34.1 Å². The number of aliphatic imine (C=N–C) groups is 1. The van der Waals surface area contributed by atoms with E-state index in [0.29, 0.717) is 18.3 Å². The number of rotatable bonds is 4. The summed E-state index contributed by atoms with van der Waals surface area (Å²) in [6, 6.07) is 2.11. The highest BCUT2D eigenvalue weighted by Crippen LogP contribution is 2.08. The van der Waals surface area contributed by atoms with Gasteiger partial charge in [-0.2, -0.15) is 16.3 Å². The van der Waals surface area contributed by atoms with E-state index < -0.39 is 0 Å². The summed E-state index contributed by atoms with van der Waals surface area (Å²) in [5, 5.41) is 11.2. The first-order valence-corrected chi connectivity index (χ1v) is 6.85. The topological polar surface area (TPSA) is 66.5 Å². The van der Waals surface area contributed by atoms with Crippen LogP contribution in [0.4, 0.5) is 0 Å². The normalized spacial score (nSPS) is 11.1. The predicted octanol–water partition coefficient (Wildman–Crippen LogP) is 2.26. The second kappa shape index (κ2) is 8.20. The highest BCUT2D eigenvalue weighted by atomic mass is 127. The fourth-order valence-electron chi connectivity index (χ4n) is 1.69. The van der Waals surface area contributed by atoms with Gasteiger partial charge in [0.15, 0.2) is 11.8 Å². The third kappa shape index (κ3) is 4.75. The Morgan fingerprint density at radius 3 is 2.90 bits per heavy atom. The molecule has 0 fully saturated rings. The Hall–Kier alpha value is -1.16. The number of thiophene rings is 1. The molecule has 2 rings (SSSR count). The third-order valence-corrected chi connectivity index (χ3v) is 3.28. The third-order valence-electron chi connectivity index (χ3n) is 2.55. The quantitative estimate of drug-likeness (QED) is 0.479. The highest BCUT2D eigenvalue weighted by Gasteiger charge is 2.08. The maximum Gasteiger partial charge on any atom is 0.223 e. The zero-order valence-corrected chi connectivity index (χ0v) is 14.8. The molecule has 0 amide bonds. The minimum Gasteiger partial charge on any atom is -0.349 e. The molecule has 20 heavy (non-hydrogen) atoms. The van der Waals surface area contributed by atoms with Crippen molar-refractivity contribution in [3.63, 3.8) is 0 Å². The lowest BCUT2D eigenvalue weighted by atomic mass is 10.3. The van der Waals surface area contributed by atoms with Gasteiger partial charge < -0.3 is 14.7 Å². The van der Waals surface area contributed by atoms with Crippen LogP contribution in [-0.2, 0) is 13.1 Å². The zero-order chi connectivity index (χ0) is 13.7. The van der Waals surface area contributed by atoms with Crippen LogP contribution >= 0.6 is 35.3 Å². The van der Waals surface area contributed by atoms with Gasteiger partial charge in [-0.1, -0.05) is 5.16 Å². The Morgan fingerprint density at radius 1 is 1.55 bits per heavy atom. The largest absolute Gasteiger partial charge is 0.349 e. The van der Waals surface area contributed by atoms with Crippen LogP contribution in [0.15, 0.2) is 26.3 Å². The summed E-state index contributed by atoms with van der Waals surface area (Å²) >= 11 is 1.69. The second-order valence-corrected chi connectivity index (χ2v) is 4.90. The second-order valence-electron chi connectivity index (χ2n) is 4.12. The Kier molecular flexibility index (Phi) is 6.93. The van der Waals surface area contributed by atoms with Crippen molar-refractivity contribution in [2.24, 2.45) is 4.99 Å². The summed E-state index contributed by atoms with van der Waals surface area (Å²) in [5.74, 6) is 2.00. The van der Waals surface area contributed by atoms with E-state index in [4.69, 9.17) is 4.52 Å². The molecule has 2 aromatic rings. The SMILES string of the molecule is CN=C(NCc1noc(C)n1)N(C)Cc1ccsc1.I. The average Bonchev–Trinajstić information content (AvgIpc) is 3.02. The van der Waals surface area contributed by atoms with E-state index in [-0.39, 0.29) is 24.0 Å². The first-order valence-electron chi connectivity index (χ1n) is 5.91. The number of halogens is 1. The maximum atomic E-state index is 4.92. The molecule has 0 aliphatic rings. The summed E-state index contributed by atoms with van der Waals surface area (Å²) in [6.45, 7) is 3.08. The number of aromatic nitrogens is 2. The van der Waals surface area contributed by atoms with Crippen LogP contribution < -0.4 is 5.32 Å². The molecule has 1 N–H and O–H groups in total. The minimum absolute atomic E-state index is 0. The monoisotopic (exact) mass is 407 g/mol. The first-order chi connectivity index (χ1) is 9.19. The van der Waals surface area contributed by atoms with Gasteiger partial charge in [-0.25, -0.2) is 0 Å². The average molecular weight is 407 g/mol. The van der Waals surface area contributed by atoms with Gasteiger partial charge in [0.25, 0.3) is 0 Å². The lowest BCUT2D eigenvalue weighted by molar-refractivity contribution is 0.386. The van der Waals surface area contributed by atoms with E-state index in [1.54, 1.807) is 25.3 Å². The van der Waals surface area contributed by atoms with Gasteiger partial charge in [0, 0.05) is 27.6 Å². The van der Waals surface area contributed by atoms with Gasteiger partial charge in [-0.15, -0.1) is 24.0 Å². The van der Waals surface area contributed by atoms with Gasteiger partial charge in [0.1, 0.15) is 0 Å². The number of nitrogens with zero attached hydrogens (tertiary/aromatic N) is 4. The summed E-state index contributed by atoms with van der Waals surface area (Å²) in [5.41, 5.74) is 1.27. The molecule has 8 heteroatoms. The van der Waals surface area contributed by atoms with Gasteiger partial charge in [0.2, 0.25) is 5.89 Å². The van der Waals surface area contributed by atoms with Crippen LogP contribution in [0.3, 0.4) is 0 Å². The van der Waals surface area contributed by atoms with Crippen LogP contribution in [0.2, 0.25) is 0 Å². The molecule has 0 saturated carbocycles. The number of hydrogen-bond donors (Lipinski definition) is 1. The standard InChI is InChI=1S/C12H17N5OS.HI/c1-9-15-11(16-18-9)6-14-12(13-2)17(3)7-10-4-5-19-8-10;/h4-5,8H,6-7H2,1-3H3,(H,13,14);1H. The molecule has 0 aromatic carbocycles. The highest BCUT2D eigenvalue weighted by molar-refractivity contribution is 14.0. The molecule has 0 unspecified atom stereocenters. The Labute approximate surface area is 139 Å². The summed E-state index contributed by atoms with van der Waals surface area (Å²) in [4.78, 5) is 10.4. The van der Waals surface area contributed by atoms with E-state index in [1.807, 2.05) is 7.05 Å². The van der Waals surface area contributed by atoms with Crippen LogP contribution in [0, 0.1) is 6.92 Å². The van der Waals surface area contributed by atoms with Crippen molar-refractivity contribution in [1.29, 1.82) is 0 Å². The predicted molar refractivity (Wildman–Crippen MR) is 90.4 cm³/mol. The Bertz CT molecular complexity index is 540. The van der Waals surface area contributed by atoms with Gasteiger partial charge in [-0.3, -0.25) is 4.99 Å². The van der Waals surface area contributed by atoms with E-state index in [2.05, 4.69) is 42.2 Å². The molecule has 0 radical (unpaired) electrons. The molecule has 0 aliphatic heterocycles. The smallest absolute Gasteiger partial charge is 0.223 e. The Morgan fingerprint density at radius 2 is 2.35 bits per heavy atom. The number of hydrogen-bond acceptors (Lipinski definition) is 5. The van der Waals surface area contributed by atoms with Crippen molar-refractivity contribution in [1.82, 2.24) is 20.4 Å². The van der Waals surface area contributed by atoms with Gasteiger partial charge in [0.05, 0.1) is 6.54 Å². The van der Waals surface area contributed by atoms with E-state index in [9.17, 15) is 0 Å². The Balaban J connectivity index is 0.00000200. The van der Waals surface area contributed by atoms with Crippen molar-refractivity contribution in [3.8, 4) is 0 Å². The molecule has 2 heterocycles. The fourth-order valence-corrected chi connectivity index (χ4v) is 2.35. The molecule has 0 aliphatic carbocycles. The molecule has 0 bridgehead atoms. The molecule has 0 atom stereocenters. The van der Waals surface area contributed by atoms with E-state index in [1.165, 1.54) is 5.56 Å². The summed E-state index contributed by atoms with van der Waals surface area (Å²) < 4.78 is 4.92. The molecular formula is C12H18IN5OS. The maximum absolute atomic E-state index is 4.92. The van der Waals surface area contributed by atoms with Crippen molar-refractivity contribution in [2.75, 3.05) is 14.1 Å². The number of guanidine groups is 1. The van der Waals surface area contributed by atoms with Crippen LogP contribution in [0.25, 0.3) is 0 Å². The van der Waals surface area contributed by atoms with E-state index >= 15 is 0 Å². The van der Waals surface area contributed by atoms with Crippen molar-refractivity contribution in [2.45, 2.75) is 20.0 Å². The molecule has 0 spiro atoms. The first kappa shape index (κ1) is 16.9. The van der Waals surface area contributed by atoms with Crippen LogP contribution in [-0.4, -0.2) is 35.1 Å². The van der Waals surface area contributed by atoms with Crippen molar-refractivity contribution >= 4 is 41.3 Å².